The van der Waals surface area contributed by atoms with E-state index in [-0.39, 0.29) is 0 Å². The lowest BCUT2D eigenvalue weighted by molar-refractivity contribution is 0.251. The molecular formula is C15H19BrO. The molecule has 1 aromatic carbocycles. The summed E-state index contributed by atoms with van der Waals surface area (Å²) in [6, 6.07) is 8.54. The Morgan fingerprint density at radius 2 is 2.00 bits per heavy atom. The first-order valence-corrected chi connectivity index (χ1v) is 7.73. The zero-order valence-electron chi connectivity index (χ0n) is 10.1. The first-order valence-electron chi connectivity index (χ1n) is 6.61. The Hall–Kier alpha value is -0.500. The molecule has 1 unspecified atom stereocenters. The lowest BCUT2D eigenvalue weighted by Gasteiger charge is -2.29. The molecule has 0 bridgehead atoms. The predicted molar refractivity (Wildman–Crippen MR) is 74.0 cm³/mol. The van der Waals surface area contributed by atoms with Gasteiger partial charge in [-0.05, 0) is 30.7 Å². The van der Waals surface area contributed by atoms with Gasteiger partial charge in [-0.3, -0.25) is 0 Å². The molecule has 0 aromatic heterocycles. The summed E-state index contributed by atoms with van der Waals surface area (Å²) >= 11 is 3.74. The van der Waals surface area contributed by atoms with E-state index in [4.69, 9.17) is 4.74 Å². The number of benzene rings is 1. The topological polar surface area (TPSA) is 9.23 Å². The van der Waals surface area contributed by atoms with Gasteiger partial charge >= 0.3 is 0 Å². The highest BCUT2D eigenvalue weighted by molar-refractivity contribution is 9.09. The Balaban J connectivity index is 1.79. The Bertz CT molecular complexity index is 396. The highest BCUT2D eigenvalue weighted by Crippen LogP contribution is 2.49. The number of para-hydroxylation sites is 1. The molecule has 1 aliphatic heterocycles. The average molecular weight is 295 g/mol. The third-order valence-corrected chi connectivity index (χ3v) is 5.62. The van der Waals surface area contributed by atoms with Gasteiger partial charge < -0.3 is 4.74 Å². The molecule has 0 saturated heterocycles. The van der Waals surface area contributed by atoms with Crippen molar-refractivity contribution in [2.45, 2.75) is 38.0 Å². The molecule has 1 aliphatic carbocycles. The Morgan fingerprint density at radius 1 is 1.24 bits per heavy atom. The van der Waals surface area contributed by atoms with Crippen LogP contribution >= 0.6 is 15.9 Å². The molecule has 17 heavy (non-hydrogen) atoms. The maximum atomic E-state index is 5.80. The molecule has 2 aliphatic rings. The molecular weight excluding hydrogens is 276 g/mol. The minimum absolute atomic E-state index is 0.533. The summed E-state index contributed by atoms with van der Waals surface area (Å²) in [7, 11) is 0. The van der Waals surface area contributed by atoms with E-state index in [9.17, 15) is 0 Å². The smallest absolute Gasteiger partial charge is 0.122 e. The molecule has 1 fully saturated rings. The van der Waals surface area contributed by atoms with E-state index in [1.165, 1.54) is 37.7 Å². The maximum Gasteiger partial charge on any atom is 0.122 e. The largest absolute Gasteiger partial charge is 0.493 e. The van der Waals surface area contributed by atoms with E-state index in [0.717, 1.165) is 17.7 Å². The van der Waals surface area contributed by atoms with E-state index in [0.29, 0.717) is 11.3 Å². The van der Waals surface area contributed by atoms with Gasteiger partial charge in [-0.2, -0.15) is 0 Å². The molecule has 1 atom stereocenters. The summed E-state index contributed by atoms with van der Waals surface area (Å²) in [5.74, 6) is 1.72. The average Bonchev–Trinajstić information content (AvgIpc) is 2.99. The van der Waals surface area contributed by atoms with Crippen molar-refractivity contribution in [2.24, 2.45) is 5.41 Å². The molecule has 2 heteroatoms. The lowest BCUT2D eigenvalue weighted by Crippen LogP contribution is -2.22. The fourth-order valence-corrected chi connectivity index (χ4v) is 4.23. The van der Waals surface area contributed by atoms with Crippen LogP contribution in [0.15, 0.2) is 24.3 Å². The second kappa shape index (κ2) is 4.64. The fourth-order valence-electron chi connectivity index (χ4n) is 3.44. The van der Waals surface area contributed by atoms with Crippen LogP contribution < -0.4 is 4.74 Å². The van der Waals surface area contributed by atoms with Crippen molar-refractivity contribution in [1.82, 2.24) is 0 Å². The number of hydrogen-bond donors (Lipinski definition) is 0. The predicted octanol–water partition coefficient (Wildman–Crippen LogP) is 4.51. The first-order chi connectivity index (χ1) is 8.33. The summed E-state index contributed by atoms with van der Waals surface area (Å²) in [6.07, 6.45) is 6.87. The monoisotopic (exact) mass is 294 g/mol. The number of fused-ring (bicyclic) bond motifs is 1. The number of hydrogen-bond acceptors (Lipinski definition) is 1. The second-order valence-electron chi connectivity index (χ2n) is 5.59. The minimum atomic E-state index is 0.533. The molecule has 0 spiro atoms. The standard InChI is InChI=1S/C15H19BrO/c16-11-15(7-3-4-8-15)9-12-10-17-14-6-2-1-5-13(12)14/h1-2,5-6,12H,3-4,7-11H2. The number of ether oxygens (including phenoxy) is 1. The van der Waals surface area contributed by atoms with Gasteiger partial charge in [0.2, 0.25) is 0 Å². The van der Waals surface area contributed by atoms with Crippen LogP contribution in [0, 0.1) is 5.41 Å². The number of halogens is 1. The molecule has 1 saturated carbocycles. The van der Waals surface area contributed by atoms with Crippen LogP contribution in [0.25, 0.3) is 0 Å². The van der Waals surface area contributed by atoms with Gasteiger partial charge in [0.05, 0.1) is 6.61 Å². The first kappa shape index (κ1) is 11.6. The Morgan fingerprint density at radius 3 is 2.76 bits per heavy atom. The van der Waals surface area contributed by atoms with Crippen LogP contribution in [-0.2, 0) is 0 Å². The van der Waals surface area contributed by atoms with Crippen molar-refractivity contribution in [3.05, 3.63) is 29.8 Å². The van der Waals surface area contributed by atoms with Crippen molar-refractivity contribution < 1.29 is 4.74 Å². The fraction of sp³-hybridized carbons (Fsp3) is 0.600. The van der Waals surface area contributed by atoms with Crippen molar-refractivity contribution in [2.75, 3.05) is 11.9 Å². The van der Waals surface area contributed by atoms with Crippen molar-refractivity contribution >= 4 is 15.9 Å². The second-order valence-corrected chi connectivity index (χ2v) is 6.15. The van der Waals surface area contributed by atoms with Crippen LogP contribution in [0.1, 0.15) is 43.6 Å². The zero-order chi connectivity index (χ0) is 11.7. The normalized spacial score (nSPS) is 25.6. The van der Waals surface area contributed by atoms with Crippen LogP contribution in [0.2, 0.25) is 0 Å². The molecule has 92 valence electrons. The highest BCUT2D eigenvalue weighted by atomic mass is 79.9. The van der Waals surface area contributed by atoms with E-state index in [2.05, 4.69) is 40.2 Å². The third kappa shape index (κ3) is 2.12. The van der Waals surface area contributed by atoms with E-state index in [1.54, 1.807) is 0 Å². The molecule has 0 amide bonds. The summed E-state index contributed by atoms with van der Waals surface area (Å²) < 4.78 is 5.80. The van der Waals surface area contributed by atoms with Crippen LogP contribution in [0.3, 0.4) is 0 Å². The van der Waals surface area contributed by atoms with Crippen LogP contribution in [0.5, 0.6) is 5.75 Å². The molecule has 0 radical (unpaired) electrons. The molecule has 1 heterocycles. The minimum Gasteiger partial charge on any atom is -0.493 e. The summed E-state index contributed by atoms with van der Waals surface area (Å²) in [5.41, 5.74) is 1.96. The van der Waals surface area contributed by atoms with Gasteiger partial charge in [0, 0.05) is 16.8 Å². The highest BCUT2D eigenvalue weighted by Gasteiger charge is 2.37. The molecule has 1 nitrogen and oxygen atoms in total. The van der Waals surface area contributed by atoms with E-state index < -0.39 is 0 Å². The van der Waals surface area contributed by atoms with Crippen molar-refractivity contribution in [3.8, 4) is 5.75 Å². The van der Waals surface area contributed by atoms with Crippen LogP contribution in [-0.4, -0.2) is 11.9 Å². The number of rotatable bonds is 3. The quantitative estimate of drug-likeness (QED) is 0.746. The van der Waals surface area contributed by atoms with Crippen molar-refractivity contribution in [3.63, 3.8) is 0 Å². The third-order valence-electron chi connectivity index (χ3n) is 4.43. The molecule has 3 rings (SSSR count). The van der Waals surface area contributed by atoms with Gasteiger partial charge in [-0.1, -0.05) is 47.0 Å². The van der Waals surface area contributed by atoms with Crippen molar-refractivity contribution in [1.29, 1.82) is 0 Å². The van der Waals surface area contributed by atoms with Gasteiger partial charge in [-0.15, -0.1) is 0 Å². The lowest BCUT2D eigenvalue weighted by atomic mass is 9.78. The number of alkyl halides is 1. The summed E-state index contributed by atoms with van der Waals surface area (Å²) in [4.78, 5) is 0. The van der Waals surface area contributed by atoms with Gasteiger partial charge in [0.15, 0.2) is 0 Å². The summed E-state index contributed by atoms with van der Waals surface area (Å²) in [5, 5.41) is 1.15. The van der Waals surface area contributed by atoms with E-state index >= 15 is 0 Å². The molecule has 1 aromatic rings. The summed E-state index contributed by atoms with van der Waals surface area (Å²) in [6.45, 7) is 0.883. The van der Waals surface area contributed by atoms with Gasteiger partial charge in [0.25, 0.3) is 0 Å². The van der Waals surface area contributed by atoms with Gasteiger partial charge in [0.1, 0.15) is 5.75 Å². The zero-order valence-corrected chi connectivity index (χ0v) is 11.7. The maximum absolute atomic E-state index is 5.80. The SMILES string of the molecule is BrCC1(CC2COc3ccccc32)CCCC1. The Labute approximate surface area is 112 Å². The van der Waals surface area contributed by atoms with E-state index in [1.807, 2.05) is 0 Å². The van der Waals surface area contributed by atoms with Gasteiger partial charge in [-0.25, -0.2) is 0 Å². The van der Waals surface area contributed by atoms with Crippen LogP contribution in [0.4, 0.5) is 0 Å². The molecule has 0 N–H and O–H groups in total. The Kier molecular flexibility index (Phi) is 3.16.